The molecule has 0 unspecified atom stereocenters. The van der Waals surface area contributed by atoms with Gasteiger partial charge in [-0.15, -0.1) is 0 Å². The zero-order valence-corrected chi connectivity index (χ0v) is 5.94. The quantitative estimate of drug-likeness (QED) is 0.511. The van der Waals surface area contributed by atoms with Gasteiger partial charge in [-0.2, -0.15) is 0 Å². The molecule has 1 heterocycles. The Hall–Kier alpha value is -0.790. The maximum absolute atomic E-state index is 4.25. The molecule has 0 aromatic heterocycles. The first-order chi connectivity index (χ1) is 4.29. The Kier molecular flexibility index (Phi) is 1.88. The average Bonchev–Trinajstić information content (AvgIpc) is 1.93. The van der Waals surface area contributed by atoms with E-state index >= 15 is 0 Å². The Bertz CT molecular complexity index is 156. The van der Waals surface area contributed by atoms with Crippen molar-refractivity contribution in [3.63, 3.8) is 0 Å². The zero-order chi connectivity index (χ0) is 6.69. The minimum atomic E-state index is 0.902. The molecular weight excluding hydrogens is 112 g/mol. The molecule has 0 saturated carbocycles. The van der Waals surface area contributed by atoms with E-state index in [4.69, 9.17) is 0 Å². The smallest absolute Gasteiger partial charge is 0.0565 e. The minimum Gasteiger partial charge on any atom is -0.387 e. The molecule has 0 aromatic rings. The lowest BCUT2D eigenvalue weighted by molar-refractivity contribution is 0.809. The molecule has 0 radical (unpaired) electrons. The third kappa shape index (κ3) is 1.88. The fourth-order valence-electron chi connectivity index (χ4n) is 0.895. The van der Waals surface area contributed by atoms with Gasteiger partial charge in [-0.25, -0.2) is 0 Å². The summed E-state index contributed by atoms with van der Waals surface area (Å²) < 4.78 is 0. The highest BCUT2D eigenvalue weighted by molar-refractivity contribution is 5.93. The number of aliphatic imine (C=N–C) groups is 1. The van der Waals surface area contributed by atoms with Crippen molar-refractivity contribution in [1.29, 1.82) is 0 Å². The highest BCUT2D eigenvalue weighted by atomic mass is 14.9. The van der Waals surface area contributed by atoms with Crippen LogP contribution in [0.5, 0.6) is 0 Å². The second-order valence-corrected chi connectivity index (χ2v) is 2.28. The van der Waals surface area contributed by atoms with Gasteiger partial charge >= 0.3 is 0 Å². The first-order valence-electron chi connectivity index (χ1n) is 3.22. The van der Waals surface area contributed by atoms with Crippen LogP contribution in [-0.2, 0) is 0 Å². The van der Waals surface area contributed by atoms with Gasteiger partial charge in [0.05, 0.1) is 6.54 Å². The van der Waals surface area contributed by atoms with Crippen molar-refractivity contribution in [2.75, 3.05) is 13.1 Å². The van der Waals surface area contributed by atoms with E-state index in [1.165, 1.54) is 5.70 Å². The van der Waals surface area contributed by atoms with Gasteiger partial charge in [-0.1, -0.05) is 0 Å². The molecule has 1 aliphatic heterocycles. The van der Waals surface area contributed by atoms with E-state index in [1.54, 1.807) is 0 Å². The Morgan fingerprint density at radius 1 is 1.56 bits per heavy atom. The zero-order valence-electron chi connectivity index (χ0n) is 5.94. The van der Waals surface area contributed by atoms with Crippen LogP contribution in [0.1, 0.15) is 13.8 Å². The molecule has 0 aliphatic carbocycles. The van der Waals surface area contributed by atoms with E-state index in [2.05, 4.69) is 23.3 Å². The maximum Gasteiger partial charge on any atom is 0.0565 e. The first-order valence-corrected chi connectivity index (χ1v) is 3.22. The predicted octanol–water partition coefficient (Wildman–Crippen LogP) is 0.954. The topological polar surface area (TPSA) is 24.4 Å². The third-order valence-corrected chi connectivity index (χ3v) is 1.30. The van der Waals surface area contributed by atoms with Crippen LogP contribution in [0.25, 0.3) is 0 Å². The number of nitrogens with zero attached hydrogens (tertiary/aromatic N) is 1. The molecule has 0 amide bonds. The van der Waals surface area contributed by atoms with Gasteiger partial charge in [0.1, 0.15) is 0 Å². The van der Waals surface area contributed by atoms with Crippen LogP contribution in [0.15, 0.2) is 16.8 Å². The van der Waals surface area contributed by atoms with Gasteiger partial charge in [0.2, 0.25) is 0 Å². The Morgan fingerprint density at radius 3 is 3.11 bits per heavy atom. The summed E-state index contributed by atoms with van der Waals surface area (Å²) in [7, 11) is 0. The molecule has 0 aromatic carbocycles. The molecule has 1 rings (SSSR count). The van der Waals surface area contributed by atoms with E-state index in [0.29, 0.717) is 0 Å². The third-order valence-electron chi connectivity index (χ3n) is 1.30. The monoisotopic (exact) mass is 124 g/mol. The fraction of sp³-hybridized carbons (Fsp3) is 0.571. The normalized spacial score (nSPS) is 19.3. The van der Waals surface area contributed by atoms with Crippen molar-refractivity contribution in [1.82, 2.24) is 5.32 Å². The second kappa shape index (κ2) is 2.67. The summed E-state index contributed by atoms with van der Waals surface area (Å²) >= 11 is 0. The molecule has 0 saturated heterocycles. The lowest BCUT2D eigenvalue weighted by atomic mass is 10.3. The van der Waals surface area contributed by atoms with E-state index in [-0.39, 0.29) is 0 Å². The summed E-state index contributed by atoms with van der Waals surface area (Å²) in [5, 5.41) is 3.22. The summed E-state index contributed by atoms with van der Waals surface area (Å²) in [5.74, 6) is 0. The van der Waals surface area contributed by atoms with Gasteiger partial charge in [-0.05, 0) is 19.9 Å². The molecule has 2 nitrogen and oxygen atoms in total. The lowest BCUT2D eigenvalue weighted by Gasteiger charge is -1.98. The Labute approximate surface area is 55.7 Å². The van der Waals surface area contributed by atoms with Crippen molar-refractivity contribution in [2.24, 2.45) is 4.99 Å². The largest absolute Gasteiger partial charge is 0.387 e. The van der Waals surface area contributed by atoms with E-state index in [0.717, 1.165) is 18.8 Å². The van der Waals surface area contributed by atoms with E-state index in [1.807, 2.05) is 6.92 Å². The first kappa shape index (κ1) is 6.33. The fourth-order valence-corrected chi connectivity index (χ4v) is 0.895. The van der Waals surface area contributed by atoms with Crippen LogP contribution in [-0.4, -0.2) is 18.8 Å². The number of hydrogen-bond donors (Lipinski definition) is 1. The van der Waals surface area contributed by atoms with Crippen molar-refractivity contribution >= 4 is 5.71 Å². The van der Waals surface area contributed by atoms with E-state index < -0.39 is 0 Å². The van der Waals surface area contributed by atoms with Crippen LogP contribution in [0.3, 0.4) is 0 Å². The highest BCUT2D eigenvalue weighted by Gasteiger charge is 1.93. The maximum atomic E-state index is 4.25. The average molecular weight is 124 g/mol. The molecule has 0 fully saturated rings. The SMILES string of the molecule is CC1=CC(C)=NCCN1. The van der Waals surface area contributed by atoms with Crippen LogP contribution in [0.2, 0.25) is 0 Å². The number of rotatable bonds is 0. The summed E-state index contributed by atoms with van der Waals surface area (Å²) in [4.78, 5) is 4.25. The number of allylic oxidation sites excluding steroid dienone is 2. The van der Waals surface area contributed by atoms with Crippen LogP contribution < -0.4 is 5.32 Å². The van der Waals surface area contributed by atoms with Crippen molar-refractivity contribution < 1.29 is 0 Å². The molecular formula is C7H12N2. The number of hydrogen-bond acceptors (Lipinski definition) is 2. The van der Waals surface area contributed by atoms with Crippen LogP contribution in [0, 0.1) is 0 Å². The standard InChI is InChI=1S/C7H12N2/c1-6-5-7(2)9-4-3-8-6/h5,8H,3-4H2,1-2H3. The number of nitrogens with one attached hydrogen (secondary N) is 1. The molecule has 9 heavy (non-hydrogen) atoms. The minimum absolute atomic E-state index is 0.902. The van der Waals surface area contributed by atoms with Gasteiger partial charge in [0, 0.05) is 18.0 Å². The Morgan fingerprint density at radius 2 is 2.33 bits per heavy atom. The highest BCUT2D eigenvalue weighted by Crippen LogP contribution is 1.92. The molecule has 0 bridgehead atoms. The second-order valence-electron chi connectivity index (χ2n) is 2.28. The Balaban J connectivity index is 2.67. The van der Waals surface area contributed by atoms with Crippen molar-refractivity contribution in [3.05, 3.63) is 11.8 Å². The van der Waals surface area contributed by atoms with Crippen LogP contribution >= 0.6 is 0 Å². The van der Waals surface area contributed by atoms with E-state index in [9.17, 15) is 0 Å². The van der Waals surface area contributed by atoms with Crippen LogP contribution in [0.4, 0.5) is 0 Å². The predicted molar refractivity (Wildman–Crippen MR) is 39.7 cm³/mol. The lowest BCUT2D eigenvalue weighted by Crippen LogP contribution is -2.13. The molecule has 2 heteroatoms. The molecule has 0 spiro atoms. The summed E-state index contributed by atoms with van der Waals surface area (Å²) in [6.45, 7) is 5.96. The summed E-state index contributed by atoms with van der Waals surface area (Å²) in [5.41, 5.74) is 2.34. The van der Waals surface area contributed by atoms with Crippen molar-refractivity contribution in [2.45, 2.75) is 13.8 Å². The molecule has 1 N–H and O–H groups in total. The van der Waals surface area contributed by atoms with Gasteiger partial charge < -0.3 is 5.32 Å². The van der Waals surface area contributed by atoms with Gasteiger partial charge in [0.25, 0.3) is 0 Å². The summed E-state index contributed by atoms with van der Waals surface area (Å²) in [6.07, 6.45) is 2.06. The summed E-state index contributed by atoms with van der Waals surface area (Å²) in [6, 6.07) is 0. The van der Waals surface area contributed by atoms with Gasteiger partial charge in [0.15, 0.2) is 0 Å². The van der Waals surface area contributed by atoms with Crippen molar-refractivity contribution in [3.8, 4) is 0 Å². The molecule has 0 atom stereocenters. The molecule has 50 valence electrons. The van der Waals surface area contributed by atoms with Gasteiger partial charge in [-0.3, -0.25) is 4.99 Å². The molecule has 1 aliphatic rings.